The quantitative estimate of drug-likeness (QED) is 0.608. The van der Waals surface area contributed by atoms with Crippen LogP contribution >= 0.6 is 0 Å². The van der Waals surface area contributed by atoms with Gasteiger partial charge >= 0.3 is 0 Å². The highest BCUT2D eigenvalue weighted by Gasteiger charge is 2.42. The fourth-order valence-electron chi connectivity index (χ4n) is 4.19. The summed E-state index contributed by atoms with van der Waals surface area (Å²) in [7, 11) is 4.32. The summed E-state index contributed by atoms with van der Waals surface area (Å²) in [6.07, 6.45) is 0. The normalized spacial score (nSPS) is 20.3. The van der Waals surface area contributed by atoms with Gasteiger partial charge in [-0.1, -0.05) is 91.0 Å². The Morgan fingerprint density at radius 2 is 1.04 bits per heavy atom. The van der Waals surface area contributed by atoms with Crippen LogP contribution in [0.4, 0.5) is 0 Å². The molecular formula is C25H27N3. The van der Waals surface area contributed by atoms with Gasteiger partial charge in [0.2, 0.25) is 0 Å². The molecule has 0 spiro atoms. The standard InChI is InChI=1S/C25H27N3/c1-19(20-13-7-4-8-14-20)26-25-27(2)23(21-15-9-5-10-16-21)24(28(25)3)22-17-11-6-12-18-22/h4-19,23-24H,1-3H3/t19-,23+,24+/m1/s1. The van der Waals surface area contributed by atoms with Crippen molar-refractivity contribution in [2.75, 3.05) is 14.1 Å². The number of likely N-dealkylation sites (N-methyl/N-ethyl adjacent to an activating group) is 2. The fraction of sp³-hybridized carbons (Fsp3) is 0.240. The Labute approximate surface area is 168 Å². The third kappa shape index (κ3) is 3.40. The molecule has 3 nitrogen and oxygen atoms in total. The van der Waals surface area contributed by atoms with E-state index >= 15 is 0 Å². The summed E-state index contributed by atoms with van der Waals surface area (Å²) in [5.41, 5.74) is 3.85. The summed E-state index contributed by atoms with van der Waals surface area (Å²) >= 11 is 0. The number of hydrogen-bond donors (Lipinski definition) is 0. The maximum atomic E-state index is 5.13. The van der Waals surface area contributed by atoms with E-state index in [0.29, 0.717) is 0 Å². The molecule has 0 N–H and O–H groups in total. The Hall–Kier alpha value is -3.07. The van der Waals surface area contributed by atoms with Crippen LogP contribution in [0.1, 0.15) is 41.7 Å². The first-order valence-corrected chi connectivity index (χ1v) is 9.85. The van der Waals surface area contributed by atoms with Gasteiger partial charge in [0.15, 0.2) is 5.96 Å². The highest BCUT2D eigenvalue weighted by Crippen LogP contribution is 2.43. The minimum atomic E-state index is 0.104. The minimum absolute atomic E-state index is 0.104. The maximum Gasteiger partial charge on any atom is 0.197 e. The number of hydrogen-bond acceptors (Lipinski definition) is 1. The van der Waals surface area contributed by atoms with E-state index in [-0.39, 0.29) is 18.1 Å². The van der Waals surface area contributed by atoms with Crippen LogP contribution in [0.5, 0.6) is 0 Å². The number of aliphatic imine (C=N–C) groups is 1. The van der Waals surface area contributed by atoms with Gasteiger partial charge in [0, 0.05) is 14.1 Å². The van der Waals surface area contributed by atoms with Gasteiger partial charge in [0.25, 0.3) is 0 Å². The van der Waals surface area contributed by atoms with E-state index in [0.717, 1.165) is 5.96 Å². The van der Waals surface area contributed by atoms with Crippen LogP contribution in [0.2, 0.25) is 0 Å². The van der Waals surface area contributed by atoms with Crippen molar-refractivity contribution in [3.8, 4) is 0 Å². The molecule has 3 heteroatoms. The van der Waals surface area contributed by atoms with Crippen LogP contribution in [-0.2, 0) is 0 Å². The van der Waals surface area contributed by atoms with Gasteiger partial charge in [-0.25, -0.2) is 4.99 Å². The molecule has 1 saturated heterocycles. The van der Waals surface area contributed by atoms with E-state index in [9.17, 15) is 0 Å². The van der Waals surface area contributed by atoms with Crippen LogP contribution in [-0.4, -0.2) is 29.9 Å². The largest absolute Gasteiger partial charge is 0.336 e. The van der Waals surface area contributed by atoms with Crippen molar-refractivity contribution in [3.05, 3.63) is 108 Å². The lowest BCUT2D eigenvalue weighted by molar-refractivity contribution is 0.316. The van der Waals surface area contributed by atoms with Crippen molar-refractivity contribution in [2.45, 2.75) is 25.0 Å². The van der Waals surface area contributed by atoms with Crippen molar-refractivity contribution in [1.29, 1.82) is 0 Å². The van der Waals surface area contributed by atoms with Gasteiger partial charge < -0.3 is 9.80 Å². The van der Waals surface area contributed by atoms with E-state index in [4.69, 9.17) is 4.99 Å². The van der Waals surface area contributed by atoms with Gasteiger partial charge in [-0.3, -0.25) is 0 Å². The molecule has 28 heavy (non-hydrogen) atoms. The molecule has 1 aliphatic heterocycles. The van der Waals surface area contributed by atoms with Crippen LogP contribution < -0.4 is 0 Å². The Balaban J connectivity index is 1.76. The van der Waals surface area contributed by atoms with Crippen molar-refractivity contribution >= 4 is 5.96 Å². The molecule has 3 atom stereocenters. The summed E-state index contributed by atoms with van der Waals surface area (Å²) in [5, 5.41) is 0. The third-order valence-electron chi connectivity index (χ3n) is 5.64. The van der Waals surface area contributed by atoms with Crippen LogP contribution in [0.3, 0.4) is 0 Å². The highest BCUT2D eigenvalue weighted by atomic mass is 15.5. The molecule has 142 valence electrons. The lowest BCUT2D eigenvalue weighted by atomic mass is 9.93. The molecule has 4 rings (SSSR count). The average Bonchev–Trinajstić information content (AvgIpc) is 3.00. The topological polar surface area (TPSA) is 18.8 Å². The summed E-state index contributed by atoms with van der Waals surface area (Å²) in [6.45, 7) is 2.16. The number of guanidine groups is 1. The monoisotopic (exact) mass is 369 g/mol. The van der Waals surface area contributed by atoms with Crippen LogP contribution in [0.15, 0.2) is 96.0 Å². The average molecular weight is 370 g/mol. The van der Waals surface area contributed by atoms with Crippen molar-refractivity contribution in [3.63, 3.8) is 0 Å². The van der Waals surface area contributed by atoms with Crippen LogP contribution in [0.25, 0.3) is 0 Å². The second kappa shape index (κ2) is 7.89. The smallest absolute Gasteiger partial charge is 0.197 e. The summed E-state index contributed by atoms with van der Waals surface area (Å²) < 4.78 is 0. The van der Waals surface area contributed by atoms with Gasteiger partial charge in [-0.15, -0.1) is 0 Å². The molecule has 0 radical (unpaired) electrons. The van der Waals surface area contributed by atoms with Gasteiger partial charge in [0.1, 0.15) is 0 Å². The molecule has 3 aromatic carbocycles. The van der Waals surface area contributed by atoms with Crippen molar-refractivity contribution in [1.82, 2.24) is 9.80 Å². The van der Waals surface area contributed by atoms with E-state index in [1.807, 2.05) is 6.07 Å². The second-order valence-corrected chi connectivity index (χ2v) is 7.45. The maximum absolute atomic E-state index is 5.13. The zero-order valence-electron chi connectivity index (χ0n) is 16.7. The molecule has 0 bridgehead atoms. The molecule has 1 aliphatic rings. The summed E-state index contributed by atoms with van der Waals surface area (Å²) in [4.78, 5) is 9.78. The second-order valence-electron chi connectivity index (χ2n) is 7.45. The third-order valence-corrected chi connectivity index (χ3v) is 5.64. The van der Waals surface area contributed by atoms with E-state index in [1.165, 1.54) is 16.7 Å². The van der Waals surface area contributed by atoms with Gasteiger partial charge in [-0.05, 0) is 23.6 Å². The molecule has 0 saturated carbocycles. The van der Waals surface area contributed by atoms with E-state index in [1.54, 1.807) is 0 Å². The first kappa shape index (κ1) is 18.3. The number of rotatable bonds is 4. The Kier molecular flexibility index (Phi) is 5.16. The zero-order chi connectivity index (χ0) is 19.5. The molecular weight excluding hydrogens is 342 g/mol. The summed E-state index contributed by atoms with van der Waals surface area (Å²) in [6, 6.07) is 32.5. The number of nitrogens with zero attached hydrogens (tertiary/aromatic N) is 3. The van der Waals surface area contributed by atoms with Crippen LogP contribution in [0, 0.1) is 0 Å². The Morgan fingerprint density at radius 3 is 1.46 bits per heavy atom. The molecule has 3 aromatic rings. The number of benzene rings is 3. The van der Waals surface area contributed by atoms with Gasteiger partial charge in [-0.2, -0.15) is 0 Å². The molecule has 0 unspecified atom stereocenters. The van der Waals surface area contributed by atoms with Crippen molar-refractivity contribution < 1.29 is 0 Å². The lowest BCUT2D eigenvalue weighted by Crippen LogP contribution is -2.30. The van der Waals surface area contributed by atoms with E-state index < -0.39 is 0 Å². The Morgan fingerprint density at radius 1 is 0.643 bits per heavy atom. The fourth-order valence-corrected chi connectivity index (χ4v) is 4.19. The predicted octanol–water partition coefficient (Wildman–Crippen LogP) is 5.46. The lowest BCUT2D eigenvalue weighted by Gasteiger charge is -2.26. The first-order chi connectivity index (χ1) is 13.7. The minimum Gasteiger partial charge on any atom is -0.336 e. The van der Waals surface area contributed by atoms with E-state index in [2.05, 4.69) is 116 Å². The highest BCUT2D eigenvalue weighted by molar-refractivity contribution is 5.83. The molecule has 1 fully saturated rings. The molecule has 0 aliphatic carbocycles. The first-order valence-electron chi connectivity index (χ1n) is 9.85. The predicted molar refractivity (Wildman–Crippen MR) is 116 cm³/mol. The molecule has 0 amide bonds. The SMILES string of the molecule is C[C@@H](N=C1N(C)[C@@H](c2ccccc2)[C@H](c2ccccc2)N1C)c1ccccc1. The molecule has 0 aromatic heterocycles. The van der Waals surface area contributed by atoms with Crippen molar-refractivity contribution in [2.24, 2.45) is 4.99 Å². The van der Waals surface area contributed by atoms with Gasteiger partial charge in [0.05, 0.1) is 18.1 Å². The Bertz CT molecular complexity index is 868. The summed E-state index contributed by atoms with van der Waals surface area (Å²) in [5.74, 6) is 1.03. The zero-order valence-corrected chi connectivity index (χ0v) is 16.7. The molecule has 1 heterocycles.